The zero-order valence-electron chi connectivity index (χ0n) is 15.0. The van der Waals surface area contributed by atoms with Gasteiger partial charge in [-0.15, -0.1) is 0 Å². The number of hydrogen-bond donors (Lipinski definition) is 1. The number of halogens is 1. The van der Waals surface area contributed by atoms with Crippen molar-refractivity contribution in [3.8, 4) is 11.5 Å². The van der Waals surface area contributed by atoms with Gasteiger partial charge in [-0.3, -0.25) is 4.79 Å². The molecule has 26 heavy (non-hydrogen) atoms. The Morgan fingerprint density at radius 2 is 1.81 bits per heavy atom. The molecule has 1 atom stereocenters. The first-order valence-corrected chi connectivity index (χ1v) is 8.63. The number of nitrogens with one attached hydrogen (secondary N) is 1. The second kappa shape index (κ2) is 8.19. The molecule has 0 bridgehead atoms. The minimum Gasteiger partial charge on any atom is -0.486 e. The molecule has 0 spiro atoms. The molecule has 0 fully saturated rings. The predicted octanol–water partition coefficient (Wildman–Crippen LogP) is 3.02. The molecule has 1 N–H and O–H groups in total. The van der Waals surface area contributed by atoms with Gasteiger partial charge >= 0.3 is 0 Å². The summed E-state index contributed by atoms with van der Waals surface area (Å²) in [5.74, 6) is 0.736. The van der Waals surface area contributed by atoms with Gasteiger partial charge in [-0.05, 0) is 63.0 Å². The van der Waals surface area contributed by atoms with Crippen LogP contribution in [0.1, 0.15) is 28.4 Å². The van der Waals surface area contributed by atoms with Crippen LogP contribution >= 0.6 is 0 Å². The van der Waals surface area contributed by atoms with Crippen LogP contribution in [0.2, 0.25) is 0 Å². The SMILES string of the molecule is CN(C)CCC(NC(=O)c1ccc2c(c1)OCCO2)c1ccc(F)cc1. The lowest BCUT2D eigenvalue weighted by Crippen LogP contribution is -2.31. The number of carbonyl (C=O) groups excluding carboxylic acids is 1. The van der Waals surface area contributed by atoms with E-state index in [1.807, 2.05) is 19.0 Å². The molecule has 0 saturated carbocycles. The van der Waals surface area contributed by atoms with Crippen LogP contribution in [0.5, 0.6) is 11.5 Å². The van der Waals surface area contributed by atoms with E-state index >= 15 is 0 Å². The summed E-state index contributed by atoms with van der Waals surface area (Å²) in [5.41, 5.74) is 1.38. The van der Waals surface area contributed by atoms with Crippen LogP contribution in [-0.4, -0.2) is 44.7 Å². The van der Waals surface area contributed by atoms with Crippen LogP contribution in [0.3, 0.4) is 0 Å². The first kappa shape index (κ1) is 18.2. The summed E-state index contributed by atoms with van der Waals surface area (Å²) in [5, 5.41) is 3.05. The van der Waals surface area contributed by atoms with E-state index in [-0.39, 0.29) is 17.8 Å². The third-order valence-corrected chi connectivity index (χ3v) is 4.25. The minimum atomic E-state index is -0.293. The number of amides is 1. The van der Waals surface area contributed by atoms with Crippen LogP contribution in [0.4, 0.5) is 4.39 Å². The molecule has 1 aliphatic rings. The Kier molecular flexibility index (Phi) is 5.73. The fraction of sp³-hybridized carbons (Fsp3) is 0.350. The number of hydrogen-bond acceptors (Lipinski definition) is 4. The van der Waals surface area contributed by atoms with Gasteiger partial charge in [0.1, 0.15) is 19.0 Å². The molecule has 0 aliphatic carbocycles. The number of benzene rings is 2. The van der Waals surface area contributed by atoms with Gasteiger partial charge in [0.15, 0.2) is 11.5 Å². The normalized spacial score (nSPS) is 14.2. The van der Waals surface area contributed by atoms with Crippen molar-refractivity contribution in [2.24, 2.45) is 0 Å². The van der Waals surface area contributed by atoms with Crippen molar-refractivity contribution in [3.63, 3.8) is 0 Å². The van der Waals surface area contributed by atoms with E-state index < -0.39 is 0 Å². The average molecular weight is 358 g/mol. The highest BCUT2D eigenvalue weighted by atomic mass is 19.1. The second-order valence-electron chi connectivity index (χ2n) is 6.53. The maximum Gasteiger partial charge on any atom is 0.251 e. The minimum absolute atomic E-state index is 0.199. The van der Waals surface area contributed by atoms with Crippen molar-refractivity contribution in [1.29, 1.82) is 0 Å². The number of carbonyl (C=O) groups is 1. The van der Waals surface area contributed by atoms with Crippen molar-refractivity contribution in [2.45, 2.75) is 12.5 Å². The summed E-state index contributed by atoms with van der Waals surface area (Å²) in [6, 6.07) is 11.2. The first-order chi connectivity index (χ1) is 12.5. The van der Waals surface area contributed by atoms with Crippen molar-refractivity contribution >= 4 is 5.91 Å². The Morgan fingerprint density at radius 3 is 2.50 bits per heavy atom. The lowest BCUT2D eigenvalue weighted by molar-refractivity contribution is 0.0931. The van der Waals surface area contributed by atoms with Crippen molar-refractivity contribution in [3.05, 3.63) is 59.4 Å². The Hall–Kier alpha value is -2.60. The van der Waals surface area contributed by atoms with Crippen LogP contribution in [0, 0.1) is 5.82 Å². The van der Waals surface area contributed by atoms with Crippen LogP contribution in [0.15, 0.2) is 42.5 Å². The summed E-state index contributed by atoms with van der Waals surface area (Å²) >= 11 is 0. The topological polar surface area (TPSA) is 50.8 Å². The number of fused-ring (bicyclic) bond motifs is 1. The summed E-state index contributed by atoms with van der Waals surface area (Å²) in [6.07, 6.45) is 0.717. The molecular weight excluding hydrogens is 335 g/mol. The molecule has 3 rings (SSSR count). The van der Waals surface area contributed by atoms with E-state index in [0.29, 0.717) is 30.3 Å². The van der Waals surface area contributed by atoms with Crippen molar-refractivity contribution in [1.82, 2.24) is 10.2 Å². The Balaban J connectivity index is 1.76. The van der Waals surface area contributed by atoms with E-state index in [1.165, 1.54) is 12.1 Å². The second-order valence-corrected chi connectivity index (χ2v) is 6.53. The van der Waals surface area contributed by atoms with E-state index in [2.05, 4.69) is 5.32 Å². The molecule has 2 aromatic carbocycles. The number of ether oxygens (including phenoxy) is 2. The first-order valence-electron chi connectivity index (χ1n) is 8.63. The highest BCUT2D eigenvalue weighted by Crippen LogP contribution is 2.31. The van der Waals surface area contributed by atoms with Gasteiger partial charge in [-0.2, -0.15) is 0 Å². The van der Waals surface area contributed by atoms with Crippen LogP contribution in [-0.2, 0) is 0 Å². The highest BCUT2D eigenvalue weighted by molar-refractivity contribution is 5.95. The third kappa shape index (κ3) is 4.52. The molecule has 1 heterocycles. The molecule has 1 aliphatic heterocycles. The molecule has 0 saturated heterocycles. The smallest absolute Gasteiger partial charge is 0.251 e. The lowest BCUT2D eigenvalue weighted by atomic mass is 10.0. The quantitative estimate of drug-likeness (QED) is 0.862. The third-order valence-electron chi connectivity index (χ3n) is 4.25. The Labute approximate surface area is 152 Å². The van der Waals surface area contributed by atoms with E-state index in [0.717, 1.165) is 18.5 Å². The molecule has 2 aromatic rings. The fourth-order valence-electron chi connectivity index (χ4n) is 2.83. The largest absolute Gasteiger partial charge is 0.486 e. The Bertz CT molecular complexity index is 762. The number of rotatable bonds is 6. The molecule has 0 radical (unpaired) electrons. The molecule has 6 heteroatoms. The van der Waals surface area contributed by atoms with Crippen molar-refractivity contribution in [2.75, 3.05) is 33.9 Å². The monoisotopic (exact) mass is 358 g/mol. The highest BCUT2D eigenvalue weighted by Gasteiger charge is 2.19. The van der Waals surface area contributed by atoms with Crippen LogP contribution in [0.25, 0.3) is 0 Å². The van der Waals surface area contributed by atoms with Gasteiger partial charge in [0.2, 0.25) is 0 Å². The molecule has 1 amide bonds. The van der Waals surface area contributed by atoms with E-state index in [9.17, 15) is 9.18 Å². The van der Waals surface area contributed by atoms with E-state index in [4.69, 9.17) is 9.47 Å². The number of nitrogens with zero attached hydrogens (tertiary/aromatic N) is 1. The zero-order chi connectivity index (χ0) is 18.5. The molecule has 0 aromatic heterocycles. The average Bonchev–Trinajstić information content (AvgIpc) is 2.65. The van der Waals surface area contributed by atoms with Crippen molar-refractivity contribution < 1.29 is 18.7 Å². The molecule has 138 valence electrons. The van der Waals surface area contributed by atoms with Gasteiger partial charge < -0.3 is 19.7 Å². The van der Waals surface area contributed by atoms with Gasteiger partial charge in [0, 0.05) is 5.56 Å². The zero-order valence-corrected chi connectivity index (χ0v) is 15.0. The van der Waals surface area contributed by atoms with Gasteiger partial charge in [0.25, 0.3) is 5.91 Å². The summed E-state index contributed by atoms with van der Waals surface area (Å²) in [4.78, 5) is 14.8. The molecular formula is C20H23FN2O3. The summed E-state index contributed by atoms with van der Waals surface area (Å²) in [6.45, 7) is 1.78. The summed E-state index contributed by atoms with van der Waals surface area (Å²) < 4.78 is 24.3. The maximum atomic E-state index is 13.2. The van der Waals surface area contributed by atoms with Crippen LogP contribution < -0.4 is 14.8 Å². The van der Waals surface area contributed by atoms with E-state index in [1.54, 1.807) is 30.3 Å². The van der Waals surface area contributed by atoms with Gasteiger partial charge in [-0.1, -0.05) is 12.1 Å². The summed E-state index contributed by atoms with van der Waals surface area (Å²) in [7, 11) is 3.95. The standard InChI is InChI=1S/C20H23FN2O3/c1-23(2)10-9-17(14-3-6-16(21)7-4-14)22-20(24)15-5-8-18-19(13-15)26-12-11-25-18/h3-8,13,17H,9-12H2,1-2H3,(H,22,24). The van der Waals surface area contributed by atoms with Gasteiger partial charge in [0.05, 0.1) is 6.04 Å². The lowest BCUT2D eigenvalue weighted by Gasteiger charge is -2.22. The molecule has 5 nitrogen and oxygen atoms in total. The van der Waals surface area contributed by atoms with Gasteiger partial charge in [-0.25, -0.2) is 4.39 Å². The fourth-order valence-corrected chi connectivity index (χ4v) is 2.83. The predicted molar refractivity (Wildman–Crippen MR) is 97.2 cm³/mol. The maximum absolute atomic E-state index is 13.2. The molecule has 1 unspecified atom stereocenters. The Morgan fingerprint density at radius 1 is 1.12 bits per heavy atom.